The SMILES string of the molecule is COC(=O)[C@@H]1Cc2c([nH]c3ccccc23)[C@@H](C)N1. The third-order valence-corrected chi connectivity index (χ3v) is 3.62. The Morgan fingerprint density at radius 1 is 1.39 bits per heavy atom. The Balaban J connectivity index is 2.09. The number of benzene rings is 1. The van der Waals surface area contributed by atoms with E-state index in [-0.39, 0.29) is 18.1 Å². The van der Waals surface area contributed by atoms with Crippen LogP contribution in [-0.2, 0) is 16.0 Å². The summed E-state index contributed by atoms with van der Waals surface area (Å²) in [4.78, 5) is 15.1. The Morgan fingerprint density at radius 2 is 2.17 bits per heavy atom. The van der Waals surface area contributed by atoms with Crippen molar-refractivity contribution in [2.75, 3.05) is 7.11 Å². The minimum atomic E-state index is -0.253. The molecule has 18 heavy (non-hydrogen) atoms. The predicted octanol–water partition coefficient (Wildman–Crippen LogP) is 1.92. The molecule has 1 aromatic carbocycles. The maximum atomic E-state index is 11.7. The molecule has 0 fully saturated rings. The second-order valence-corrected chi connectivity index (χ2v) is 4.73. The first kappa shape index (κ1) is 11.3. The zero-order valence-electron chi connectivity index (χ0n) is 10.5. The van der Waals surface area contributed by atoms with Crippen molar-refractivity contribution in [3.8, 4) is 0 Å². The quantitative estimate of drug-likeness (QED) is 0.753. The van der Waals surface area contributed by atoms with Crippen molar-refractivity contribution >= 4 is 16.9 Å². The summed E-state index contributed by atoms with van der Waals surface area (Å²) in [6.07, 6.45) is 0.677. The summed E-state index contributed by atoms with van der Waals surface area (Å²) in [7, 11) is 1.43. The lowest BCUT2D eigenvalue weighted by Crippen LogP contribution is -2.44. The molecular weight excluding hydrogens is 228 g/mol. The number of rotatable bonds is 1. The van der Waals surface area contributed by atoms with E-state index in [1.807, 2.05) is 12.1 Å². The number of methoxy groups -OCH3 is 1. The standard InChI is InChI=1S/C14H16N2O2/c1-8-13-10(7-12(15-8)14(17)18-2)9-5-3-4-6-11(9)16-13/h3-6,8,12,15-16H,7H2,1-2H3/t8-,12+/m1/s1. The molecule has 2 atom stereocenters. The smallest absolute Gasteiger partial charge is 0.323 e. The Hall–Kier alpha value is -1.81. The van der Waals surface area contributed by atoms with Crippen LogP contribution in [0.4, 0.5) is 0 Å². The third-order valence-electron chi connectivity index (χ3n) is 3.62. The Bertz CT molecular complexity index is 603. The number of aromatic nitrogens is 1. The molecule has 2 heterocycles. The van der Waals surface area contributed by atoms with E-state index in [4.69, 9.17) is 4.74 Å². The predicted molar refractivity (Wildman–Crippen MR) is 69.4 cm³/mol. The molecule has 3 rings (SSSR count). The maximum Gasteiger partial charge on any atom is 0.323 e. The van der Waals surface area contributed by atoms with Gasteiger partial charge in [0.25, 0.3) is 0 Å². The van der Waals surface area contributed by atoms with Gasteiger partial charge in [-0.15, -0.1) is 0 Å². The highest BCUT2D eigenvalue weighted by molar-refractivity contribution is 5.87. The van der Waals surface area contributed by atoms with Gasteiger partial charge in [0.05, 0.1) is 7.11 Å². The summed E-state index contributed by atoms with van der Waals surface area (Å²) in [5.74, 6) is -0.196. The molecule has 4 heteroatoms. The molecule has 94 valence electrons. The van der Waals surface area contributed by atoms with Gasteiger partial charge < -0.3 is 9.72 Å². The van der Waals surface area contributed by atoms with Crippen LogP contribution in [0, 0.1) is 0 Å². The molecule has 1 aromatic heterocycles. The van der Waals surface area contributed by atoms with Crippen molar-refractivity contribution in [1.82, 2.24) is 10.3 Å². The van der Waals surface area contributed by atoms with E-state index in [9.17, 15) is 4.79 Å². The van der Waals surface area contributed by atoms with Gasteiger partial charge in [-0.25, -0.2) is 0 Å². The second-order valence-electron chi connectivity index (χ2n) is 4.73. The number of ether oxygens (including phenoxy) is 1. The van der Waals surface area contributed by atoms with Crippen LogP contribution in [0.2, 0.25) is 0 Å². The summed E-state index contributed by atoms with van der Waals surface area (Å²) in [6.45, 7) is 2.06. The number of fused-ring (bicyclic) bond motifs is 3. The molecule has 0 spiro atoms. The van der Waals surface area contributed by atoms with E-state index in [2.05, 4.69) is 29.4 Å². The van der Waals surface area contributed by atoms with Gasteiger partial charge in [-0.2, -0.15) is 0 Å². The third kappa shape index (κ3) is 1.61. The van der Waals surface area contributed by atoms with E-state index in [0.29, 0.717) is 6.42 Å². The van der Waals surface area contributed by atoms with Crippen molar-refractivity contribution in [3.05, 3.63) is 35.5 Å². The van der Waals surface area contributed by atoms with Gasteiger partial charge in [0.2, 0.25) is 0 Å². The van der Waals surface area contributed by atoms with Crippen LogP contribution in [0.1, 0.15) is 24.2 Å². The molecule has 0 saturated heterocycles. The van der Waals surface area contributed by atoms with Gasteiger partial charge >= 0.3 is 5.97 Å². The zero-order valence-corrected chi connectivity index (χ0v) is 10.5. The molecule has 1 aliphatic heterocycles. The van der Waals surface area contributed by atoms with Gasteiger partial charge in [0.1, 0.15) is 6.04 Å². The molecular formula is C14H16N2O2. The number of aromatic amines is 1. The van der Waals surface area contributed by atoms with Gasteiger partial charge in [-0.3, -0.25) is 10.1 Å². The molecule has 0 aliphatic carbocycles. The Kier molecular flexibility index (Phi) is 2.59. The highest BCUT2D eigenvalue weighted by atomic mass is 16.5. The zero-order chi connectivity index (χ0) is 12.7. The summed E-state index contributed by atoms with van der Waals surface area (Å²) < 4.78 is 4.83. The minimum absolute atomic E-state index is 0.130. The van der Waals surface area contributed by atoms with Crippen LogP contribution in [0.5, 0.6) is 0 Å². The van der Waals surface area contributed by atoms with Gasteiger partial charge in [-0.05, 0) is 18.6 Å². The van der Waals surface area contributed by atoms with E-state index < -0.39 is 0 Å². The number of carbonyl (C=O) groups is 1. The highest BCUT2D eigenvalue weighted by Crippen LogP contribution is 2.31. The van der Waals surface area contributed by atoms with Crippen LogP contribution in [0.25, 0.3) is 10.9 Å². The maximum absolute atomic E-state index is 11.7. The van der Waals surface area contributed by atoms with Crippen LogP contribution in [0.15, 0.2) is 24.3 Å². The first-order chi connectivity index (χ1) is 8.70. The molecule has 1 aliphatic rings. The number of H-pyrrole nitrogens is 1. The average Bonchev–Trinajstić information content (AvgIpc) is 2.77. The number of nitrogens with one attached hydrogen (secondary N) is 2. The Morgan fingerprint density at radius 3 is 2.94 bits per heavy atom. The molecule has 0 saturated carbocycles. The topological polar surface area (TPSA) is 54.1 Å². The second kappa shape index (κ2) is 4.14. The lowest BCUT2D eigenvalue weighted by molar-refractivity contribution is -0.143. The number of esters is 1. The van der Waals surface area contributed by atoms with Crippen LogP contribution < -0.4 is 5.32 Å². The normalized spacial score (nSPS) is 22.8. The molecule has 4 nitrogen and oxygen atoms in total. The van der Waals surface area contributed by atoms with Gasteiger partial charge in [-0.1, -0.05) is 18.2 Å². The number of para-hydroxylation sites is 1. The van der Waals surface area contributed by atoms with E-state index >= 15 is 0 Å². The first-order valence-corrected chi connectivity index (χ1v) is 6.14. The molecule has 2 aromatic rings. The van der Waals surface area contributed by atoms with E-state index in [1.54, 1.807) is 0 Å². The Labute approximate surface area is 105 Å². The number of hydrogen-bond donors (Lipinski definition) is 2. The summed E-state index contributed by atoms with van der Waals surface area (Å²) in [5, 5.41) is 4.48. The van der Waals surface area contributed by atoms with Gasteiger partial charge in [0, 0.05) is 29.1 Å². The lowest BCUT2D eigenvalue weighted by Gasteiger charge is -2.27. The van der Waals surface area contributed by atoms with Crippen molar-refractivity contribution in [1.29, 1.82) is 0 Å². The monoisotopic (exact) mass is 244 g/mol. The fourth-order valence-electron chi connectivity index (χ4n) is 2.75. The molecule has 0 radical (unpaired) electrons. The summed E-state index contributed by atoms with van der Waals surface area (Å²) in [5.41, 5.74) is 3.53. The minimum Gasteiger partial charge on any atom is -0.468 e. The van der Waals surface area contributed by atoms with Crippen molar-refractivity contribution in [2.45, 2.75) is 25.4 Å². The van der Waals surface area contributed by atoms with Crippen LogP contribution in [0.3, 0.4) is 0 Å². The number of hydrogen-bond acceptors (Lipinski definition) is 3. The van der Waals surface area contributed by atoms with Gasteiger partial charge in [0.15, 0.2) is 0 Å². The average molecular weight is 244 g/mol. The molecule has 0 unspecified atom stereocenters. The van der Waals surface area contributed by atoms with Crippen molar-refractivity contribution < 1.29 is 9.53 Å². The van der Waals surface area contributed by atoms with Crippen LogP contribution in [-0.4, -0.2) is 24.1 Å². The molecule has 2 N–H and O–H groups in total. The van der Waals surface area contributed by atoms with E-state index in [1.165, 1.54) is 23.8 Å². The van der Waals surface area contributed by atoms with Crippen molar-refractivity contribution in [3.63, 3.8) is 0 Å². The van der Waals surface area contributed by atoms with Crippen molar-refractivity contribution in [2.24, 2.45) is 0 Å². The molecule has 0 bridgehead atoms. The van der Waals surface area contributed by atoms with E-state index in [0.717, 1.165) is 5.52 Å². The number of carbonyl (C=O) groups excluding carboxylic acids is 1. The first-order valence-electron chi connectivity index (χ1n) is 6.14. The fourth-order valence-corrected chi connectivity index (χ4v) is 2.75. The highest BCUT2D eigenvalue weighted by Gasteiger charge is 2.31. The summed E-state index contributed by atoms with van der Waals surface area (Å²) in [6, 6.07) is 8.07. The lowest BCUT2D eigenvalue weighted by atomic mass is 9.95. The molecule has 0 amide bonds. The largest absolute Gasteiger partial charge is 0.468 e. The summed E-state index contributed by atoms with van der Waals surface area (Å²) >= 11 is 0. The fraction of sp³-hybridized carbons (Fsp3) is 0.357. The van der Waals surface area contributed by atoms with Crippen LogP contribution >= 0.6 is 0 Å².